The number of rotatable bonds is 10. The minimum absolute atomic E-state index is 0. The Morgan fingerprint density at radius 2 is 1.97 bits per heavy atom. The molecule has 0 unspecified atom stereocenters. The van der Waals surface area contributed by atoms with E-state index < -0.39 is 24.6 Å². The number of hydrogen-bond donors (Lipinski definition) is 3. The molecule has 0 aromatic heterocycles. The third-order valence-electron chi connectivity index (χ3n) is 6.56. The van der Waals surface area contributed by atoms with Crippen molar-refractivity contribution < 1.29 is 64.3 Å². The summed E-state index contributed by atoms with van der Waals surface area (Å²) in [7, 11) is 0. The molecule has 0 saturated heterocycles. The van der Waals surface area contributed by atoms with E-state index >= 15 is 0 Å². The number of fused-ring (bicyclic) bond motifs is 1. The van der Waals surface area contributed by atoms with Gasteiger partial charge in [-0.05, 0) is 56.1 Å². The summed E-state index contributed by atoms with van der Waals surface area (Å²) in [5.74, 6) is -1.71. The fraction of sp³-hybridized carbons (Fsp3) is 0.739. The maximum atomic E-state index is 12.4. The first-order chi connectivity index (χ1) is 14.1. The molecular weight excluding hydrogens is 411 g/mol. The van der Waals surface area contributed by atoms with Crippen molar-refractivity contribution in [3.05, 3.63) is 23.5 Å². The van der Waals surface area contributed by atoms with Crippen molar-refractivity contribution in [2.24, 2.45) is 23.7 Å². The molecule has 0 aliphatic heterocycles. The van der Waals surface area contributed by atoms with E-state index in [4.69, 9.17) is 4.74 Å². The van der Waals surface area contributed by atoms with Crippen molar-refractivity contribution in [3.8, 4) is 0 Å². The van der Waals surface area contributed by atoms with Gasteiger partial charge < -0.3 is 30.0 Å². The number of aliphatic hydroxyl groups excluding tert-OH is 3. The Hall–Kier alpha value is -0.860. The summed E-state index contributed by atoms with van der Waals surface area (Å²) in [6.45, 7) is 5.72. The Labute approximate surface area is 206 Å². The van der Waals surface area contributed by atoms with Crippen LogP contribution in [0.5, 0.6) is 0 Å². The van der Waals surface area contributed by atoms with E-state index in [9.17, 15) is 30.0 Å². The fourth-order valence-electron chi connectivity index (χ4n) is 4.54. The van der Waals surface area contributed by atoms with Crippen LogP contribution >= 0.6 is 0 Å². The van der Waals surface area contributed by atoms with Gasteiger partial charge in [-0.25, -0.2) is 0 Å². The maximum absolute atomic E-state index is 12.4. The number of esters is 1. The molecule has 0 aromatic rings. The minimum Gasteiger partial charge on any atom is -0.550 e. The summed E-state index contributed by atoms with van der Waals surface area (Å²) in [5, 5.41) is 41.0. The van der Waals surface area contributed by atoms with Gasteiger partial charge in [0.15, 0.2) is 0 Å². The van der Waals surface area contributed by atoms with Gasteiger partial charge >= 0.3 is 35.5 Å². The molecule has 0 radical (unpaired) electrons. The summed E-state index contributed by atoms with van der Waals surface area (Å²) in [5.41, 5.74) is 0.968. The number of carbonyl (C=O) groups is 2. The molecule has 2 aliphatic rings. The molecule has 0 heterocycles. The zero-order valence-electron chi connectivity index (χ0n) is 19.1. The van der Waals surface area contributed by atoms with Crippen LogP contribution in [0.1, 0.15) is 65.7 Å². The van der Waals surface area contributed by atoms with E-state index in [0.29, 0.717) is 19.3 Å². The number of aliphatic hydroxyl groups is 3. The largest absolute Gasteiger partial charge is 1.00 e. The number of carboxylic acids is 1. The first-order valence-corrected chi connectivity index (χ1v) is 11.0. The van der Waals surface area contributed by atoms with E-state index in [0.717, 1.165) is 18.4 Å². The van der Waals surface area contributed by atoms with Gasteiger partial charge in [-0.2, -0.15) is 0 Å². The molecule has 0 saturated carbocycles. The Balaban J connectivity index is 0.00000480. The van der Waals surface area contributed by atoms with Crippen LogP contribution < -0.4 is 34.7 Å². The average molecular weight is 447 g/mol. The molecule has 0 fully saturated rings. The first kappa shape index (κ1) is 28.2. The average Bonchev–Trinajstić information content (AvgIpc) is 2.67. The van der Waals surface area contributed by atoms with Gasteiger partial charge in [-0.1, -0.05) is 26.8 Å². The van der Waals surface area contributed by atoms with Crippen LogP contribution in [-0.4, -0.2) is 45.6 Å². The predicted octanol–water partition coefficient (Wildman–Crippen LogP) is -0.975. The van der Waals surface area contributed by atoms with Gasteiger partial charge in [0.25, 0.3) is 0 Å². The molecule has 0 aromatic carbocycles. The number of carbonyl (C=O) groups excluding carboxylic acids is 2. The minimum atomic E-state index is -1.35. The summed E-state index contributed by atoms with van der Waals surface area (Å²) in [6.07, 6.45) is 4.11. The van der Waals surface area contributed by atoms with Gasteiger partial charge in [0.1, 0.15) is 6.10 Å². The van der Waals surface area contributed by atoms with Crippen molar-refractivity contribution >= 4 is 11.9 Å². The van der Waals surface area contributed by atoms with Crippen LogP contribution in [0.15, 0.2) is 23.5 Å². The van der Waals surface area contributed by atoms with Crippen molar-refractivity contribution in [2.45, 2.75) is 84.0 Å². The second-order valence-electron chi connectivity index (χ2n) is 8.81. The Morgan fingerprint density at radius 1 is 1.29 bits per heavy atom. The summed E-state index contributed by atoms with van der Waals surface area (Å²) < 4.78 is 5.88. The topological polar surface area (TPSA) is 127 Å². The third kappa shape index (κ3) is 7.90. The van der Waals surface area contributed by atoms with Crippen LogP contribution in [-0.2, 0) is 14.3 Å². The van der Waals surface area contributed by atoms with E-state index in [1.165, 1.54) is 0 Å². The van der Waals surface area contributed by atoms with Gasteiger partial charge in [-0.3, -0.25) is 4.79 Å². The van der Waals surface area contributed by atoms with Crippen LogP contribution in [0, 0.1) is 23.7 Å². The molecule has 0 bridgehead atoms. The van der Waals surface area contributed by atoms with E-state index in [1.54, 1.807) is 6.08 Å². The standard InChI is InChI=1S/C23H36O7.Na/c1-4-13(2)23(29)30-20-7-5-6-15-10-19(26)14(3)18(22(15)20)9-8-16(24)11-17(25)12-21(27)28;/h6,10,13-14,16-18,20,22,24-26H,4-5,7-9,11-12H2,1-3H3,(H,27,28);/q;+1/p-1/t13-,14+,16+,17+,18-,20-,22-;/m0./s1. The molecule has 0 spiro atoms. The fourth-order valence-corrected chi connectivity index (χ4v) is 4.54. The summed E-state index contributed by atoms with van der Waals surface area (Å²) in [6, 6.07) is 0. The monoisotopic (exact) mass is 446 g/mol. The van der Waals surface area contributed by atoms with Crippen molar-refractivity contribution in [1.82, 2.24) is 0 Å². The van der Waals surface area contributed by atoms with Crippen LogP contribution in [0.2, 0.25) is 0 Å². The molecule has 2 rings (SSSR count). The van der Waals surface area contributed by atoms with Gasteiger partial charge in [0.05, 0.1) is 23.9 Å². The third-order valence-corrected chi connectivity index (χ3v) is 6.56. The maximum Gasteiger partial charge on any atom is 1.00 e. The molecule has 7 atom stereocenters. The molecule has 7 nitrogen and oxygen atoms in total. The number of aliphatic carboxylic acids is 1. The van der Waals surface area contributed by atoms with Crippen LogP contribution in [0.3, 0.4) is 0 Å². The predicted molar refractivity (Wildman–Crippen MR) is 109 cm³/mol. The zero-order chi connectivity index (χ0) is 22.4. The van der Waals surface area contributed by atoms with Gasteiger partial charge in [0.2, 0.25) is 0 Å². The van der Waals surface area contributed by atoms with E-state index in [-0.39, 0.29) is 77.5 Å². The SMILES string of the molecule is CC[C@H](C)C(=O)O[C@H]1CCC=C2C=C(O)[C@H](C)[C@H](CC[C@@H](O)C[C@@H](O)CC(=O)[O-])[C@H]21.[Na+]. The zero-order valence-corrected chi connectivity index (χ0v) is 21.1. The molecule has 8 heteroatoms. The van der Waals surface area contributed by atoms with Gasteiger partial charge in [0, 0.05) is 24.2 Å². The number of allylic oxidation sites excluding steroid dienone is 3. The molecular formula is C23H35NaO7. The Kier molecular flexibility index (Phi) is 11.8. The molecule has 3 N–H and O–H groups in total. The normalized spacial score (nSPS) is 28.2. The quantitative estimate of drug-likeness (QED) is 0.291. The summed E-state index contributed by atoms with van der Waals surface area (Å²) in [4.78, 5) is 23.0. The first-order valence-electron chi connectivity index (χ1n) is 11.0. The van der Waals surface area contributed by atoms with Crippen LogP contribution in [0.4, 0.5) is 0 Å². The van der Waals surface area contributed by atoms with E-state index in [1.807, 2.05) is 20.8 Å². The molecule has 31 heavy (non-hydrogen) atoms. The second kappa shape index (κ2) is 13.0. The van der Waals surface area contributed by atoms with E-state index in [2.05, 4.69) is 6.08 Å². The van der Waals surface area contributed by atoms with Gasteiger partial charge in [-0.15, -0.1) is 0 Å². The number of carboxylic acid groups (broad SMARTS) is 1. The van der Waals surface area contributed by atoms with Crippen molar-refractivity contribution in [3.63, 3.8) is 0 Å². The van der Waals surface area contributed by atoms with Crippen molar-refractivity contribution in [1.29, 1.82) is 0 Å². The summed E-state index contributed by atoms with van der Waals surface area (Å²) >= 11 is 0. The smallest absolute Gasteiger partial charge is 0.550 e. The molecule has 0 amide bonds. The molecule has 2 aliphatic carbocycles. The number of ether oxygens (including phenoxy) is 1. The van der Waals surface area contributed by atoms with Crippen molar-refractivity contribution in [2.75, 3.05) is 0 Å². The molecule has 170 valence electrons. The Morgan fingerprint density at radius 3 is 2.58 bits per heavy atom. The number of hydrogen-bond acceptors (Lipinski definition) is 7. The second-order valence-corrected chi connectivity index (χ2v) is 8.81. The Bertz CT molecular complexity index is 675. The van der Waals surface area contributed by atoms with Crippen LogP contribution in [0.25, 0.3) is 0 Å².